The number of rotatable bonds is 9. The van der Waals surface area contributed by atoms with E-state index in [0.29, 0.717) is 11.5 Å². The molecule has 2 aromatic rings. The monoisotopic (exact) mass is 502 g/mol. The minimum atomic E-state index is -5.26. The summed E-state index contributed by atoms with van der Waals surface area (Å²) in [5, 5.41) is 0. The Labute approximate surface area is 201 Å². The molecule has 0 heterocycles. The molecule has 0 unspecified atom stereocenters. The number of hydrogen-bond acceptors (Lipinski definition) is 1. The maximum Gasteiger partial charge on any atom is 0.422 e. The number of allylic oxidation sites excluding steroid dienone is 2. The first-order valence-corrected chi connectivity index (χ1v) is 11.8. The van der Waals surface area contributed by atoms with E-state index in [2.05, 4.69) is 16.9 Å². The van der Waals surface area contributed by atoms with E-state index in [-0.39, 0.29) is 12.1 Å². The Bertz CT molecular complexity index is 965. The zero-order chi connectivity index (χ0) is 25.6. The van der Waals surface area contributed by atoms with E-state index in [9.17, 15) is 30.7 Å². The van der Waals surface area contributed by atoms with Crippen molar-refractivity contribution in [3.63, 3.8) is 0 Å². The Hall–Kier alpha value is -2.35. The summed E-state index contributed by atoms with van der Waals surface area (Å²) in [5.41, 5.74) is -1.08. The first kappa shape index (κ1) is 27.2. The smallest absolute Gasteiger partial charge is 0.315 e. The van der Waals surface area contributed by atoms with Crippen molar-refractivity contribution in [2.75, 3.05) is 0 Å². The van der Waals surface area contributed by atoms with Gasteiger partial charge in [0.05, 0.1) is 13.0 Å². The van der Waals surface area contributed by atoms with Crippen LogP contribution in [0.1, 0.15) is 73.6 Å². The van der Waals surface area contributed by atoms with Crippen LogP contribution < -0.4 is 0 Å². The molecule has 0 spiro atoms. The van der Waals surface area contributed by atoms with Crippen LogP contribution in [-0.2, 0) is 23.9 Å². The molecule has 0 bridgehead atoms. The Balaban J connectivity index is 1.52. The third kappa shape index (κ3) is 7.82. The molecule has 192 valence electrons. The van der Waals surface area contributed by atoms with Crippen molar-refractivity contribution in [2.24, 2.45) is 5.92 Å². The molecule has 8 heteroatoms. The fourth-order valence-corrected chi connectivity index (χ4v) is 4.65. The Morgan fingerprint density at radius 1 is 0.886 bits per heavy atom. The fraction of sp³-hybridized carbons (Fsp3) is 0.481. The zero-order valence-electron chi connectivity index (χ0n) is 19.5. The maximum absolute atomic E-state index is 14.2. The second-order valence-electron chi connectivity index (χ2n) is 9.14. The SMILES string of the molecule is CC=CCCC1CCC(c2ccc(COC(F)(F)Cc3cc(F)c(C(F)(F)F)c(F)c3)cc2)CC1. The van der Waals surface area contributed by atoms with Gasteiger partial charge in [0.2, 0.25) is 0 Å². The van der Waals surface area contributed by atoms with E-state index < -0.39 is 48.1 Å². The number of hydrogen-bond donors (Lipinski definition) is 0. The molecule has 35 heavy (non-hydrogen) atoms. The normalized spacial score (nSPS) is 19.4. The summed E-state index contributed by atoms with van der Waals surface area (Å²) in [6.07, 6.45) is 0.761. The largest absolute Gasteiger partial charge is 0.422 e. The molecule has 1 aliphatic carbocycles. The molecular weight excluding hydrogens is 473 g/mol. The van der Waals surface area contributed by atoms with Gasteiger partial charge in [0.15, 0.2) is 0 Å². The summed E-state index contributed by atoms with van der Waals surface area (Å²) in [7, 11) is 0. The Morgan fingerprint density at radius 2 is 1.49 bits per heavy atom. The lowest BCUT2D eigenvalue weighted by Crippen LogP contribution is -2.24. The second-order valence-corrected chi connectivity index (χ2v) is 9.14. The van der Waals surface area contributed by atoms with Crippen LogP contribution in [0.15, 0.2) is 48.6 Å². The van der Waals surface area contributed by atoms with Gasteiger partial charge in [0.25, 0.3) is 0 Å². The first-order valence-electron chi connectivity index (χ1n) is 11.8. The van der Waals surface area contributed by atoms with E-state index in [1.807, 2.05) is 19.1 Å². The topological polar surface area (TPSA) is 9.23 Å². The molecule has 0 aromatic heterocycles. The highest BCUT2D eigenvalue weighted by Crippen LogP contribution is 2.38. The Kier molecular flexibility index (Phi) is 9.02. The molecule has 2 aromatic carbocycles. The van der Waals surface area contributed by atoms with E-state index in [0.717, 1.165) is 30.7 Å². The fourth-order valence-electron chi connectivity index (χ4n) is 4.65. The lowest BCUT2D eigenvalue weighted by atomic mass is 9.77. The van der Waals surface area contributed by atoms with E-state index in [4.69, 9.17) is 0 Å². The van der Waals surface area contributed by atoms with Crippen LogP contribution in [0.2, 0.25) is 0 Å². The lowest BCUT2D eigenvalue weighted by Gasteiger charge is -2.28. The van der Waals surface area contributed by atoms with Gasteiger partial charge < -0.3 is 4.74 Å². The van der Waals surface area contributed by atoms with Gasteiger partial charge in [0, 0.05) is 0 Å². The van der Waals surface area contributed by atoms with E-state index >= 15 is 0 Å². The van der Waals surface area contributed by atoms with Gasteiger partial charge >= 0.3 is 12.3 Å². The standard InChI is InChI=1S/C27H29F7O/c1-2-3-4-5-18-6-10-21(11-7-18)22-12-8-19(9-13-22)17-35-26(30,31)16-20-14-23(28)25(24(29)15-20)27(32,33)34/h2-3,8-9,12-15,18,21H,4-7,10-11,16-17H2,1H3. The molecule has 3 rings (SSSR count). The molecule has 1 fully saturated rings. The van der Waals surface area contributed by atoms with Crippen molar-refractivity contribution >= 4 is 0 Å². The summed E-state index contributed by atoms with van der Waals surface area (Å²) in [4.78, 5) is 0. The van der Waals surface area contributed by atoms with Crippen LogP contribution in [0.5, 0.6) is 0 Å². The molecule has 1 nitrogen and oxygen atoms in total. The Morgan fingerprint density at radius 3 is 2.03 bits per heavy atom. The van der Waals surface area contributed by atoms with Gasteiger partial charge in [-0.1, -0.05) is 36.4 Å². The van der Waals surface area contributed by atoms with Crippen molar-refractivity contribution in [3.05, 3.63) is 82.4 Å². The van der Waals surface area contributed by atoms with Gasteiger partial charge in [0.1, 0.15) is 17.2 Å². The molecular formula is C27H29F7O. The van der Waals surface area contributed by atoms with E-state index in [1.165, 1.54) is 19.3 Å². The molecule has 0 N–H and O–H groups in total. The number of alkyl halides is 5. The quantitative estimate of drug-likeness (QED) is 0.246. The van der Waals surface area contributed by atoms with Crippen LogP contribution in [-0.4, -0.2) is 6.11 Å². The molecule has 0 saturated heterocycles. The highest BCUT2D eigenvalue weighted by molar-refractivity contribution is 5.29. The highest BCUT2D eigenvalue weighted by atomic mass is 19.4. The van der Waals surface area contributed by atoms with E-state index in [1.54, 1.807) is 12.1 Å². The van der Waals surface area contributed by atoms with Crippen LogP contribution in [0.3, 0.4) is 0 Å². The number of ether oxygens (including phenoxy) is 1. The zero-order valence-corrected chi connectivity index (χ0v) is 19.5. The van der Waals surface area contributed by atoms with Crippen molar-refractivity contribution in [3.8, 4) is 0 Å². The maximum atomic E-state index is 14.2. The van der Waals surface area contributed by atoms with Crippen LogP contribution in [0.4, 0.5) is 30.7 Å². The van der Waals surface area contributed by atoms with Gasteiger partial charge in [-0.05, 0) is 86.1 Å². The van der Waals surface area contributed by atoms with Crippen LogP contribution >= 0.6 is 0 Å². The predicted molar refractivity (Wildman–Crippen MR) is 120 cm³/mol. The summed E-state index contributed by atoms with van der Waals surface area (Å²) >= 11 is 0. The summed E-state index contributed by atoms with van der Waals surface area (Å²) in [5.74, 6) is -2.70. The van der Waals surface area contributed by atoms with Crippen molar-refractivity contribution in [1.29, 1.82) is 0 Å². The first-order chi connectivity index (χ1) is 16.5. The molecule has 0 aliphatic heterocycles. The molecule has 1 aliphatic rings. The second kappa shape index (κ2) is 11.6. The summed E-state index contributed by atoms with van der Waals surface area (Å²) in [6, 6.07) is 7.74. The third-order valence-electron chi connectivity index (χ3n) is 6.52. The average molecular weight is 503 g/mol. The van der Waals surface area contributed by atoms with Gasteiger partial charge in [-0.25, -0.2) is 8.78 Å². The predicted octanol–water partition coefficient (Wildman–Crippen LogP) is 8.97. The molecule has 0 atom stereocenters. The summed E-state index contributed by atoms with van der Waals surface area (Å²) < 4.78 is 98.4. The third-order valence-corrected chi connectivity index (χ3v) is 6.52. The lowest BCUT2D eigenvalue weighted by molar-refractivity contribution is -0.244. The van der Waals surface area contributed by atoms with Crippen molar-refractivity contribution < 1.29 is 35.5 Å². The van der Waals surface area contributed by atoms with Crippen molar-refractivity contribution in [1.82, 2.24) is 0 Å². The highest BCUT2D eigenvalue weighted by Gasteiger charge is 2.39. The summed E-state index contributed by atoms with van der Waals surface area (Å²) in [6.45, 7) is 1.57. The number of benzene rings is 2. The van der Waals surface area contributed by atoms with Crippen molar-refractivity contribution in [2.45, 2.75) is 76.7 Å². The van der Waals surface area contributed by atoms with Crippen LogP contribution in [0, 0.1) is 17.6 Å². The number of halogens is 7. The van der Waals surface area contributed by atoms with Gasteiger partial charge in [-0.15, -0.1) is 0 Å². The van der Waals surface area contributed by atoms with Gasteiger partial charge in [-0.2, -0.15) is 22.0 Å². The molecule has 0 amide bonds. The molecule has 0 radical (unpaired) electrons. The molecule has 1 saturated carbocycles. The minimum Gasteiger partial charge on any atom is -0.315 e. The minimum absolute atomic E-state index is 0.257. The van der Waals surface area contributed by atoms with Crippen LogP contribution in [0.25, 0.3) is 0 Å². The van der Waals surface area contributed by atoms with Gasteiger partial charge in [-0.3, -0.25) is 0 Å². The average Bonchev–Trinajstić information content (AvgIpc) is 2.77.